The van der Waals surface area contributed by atoms with Crippen LogP contribution in [0.15, 0.2) is 30.3 Å². The number of anilines is 1. The first kappa shape index (κ1) is 18.3. The molecule has 1 aromatic carbocycles. The van der Waals surface area contributed by atoms with Crippen LogP contribution in [0.2, 0.25) is 0 Å². The molecule has 1 amide bonds. The van der Waals surface area contributed by atoms with Gasteiger partial charge in [-0.25, -0.2) is 4.98 Å². The van der Waals surface area contributed by atoms with E-state index in [0.29, 0.717) is 34.3 Å². The maximum Gasteiger partial charge on any atom is 0.263 e. The van der Waals surface area contributed by atoms with Crippen molar-refractivity contribution in [2.45, 2.75) is 13.0 Å². The number of nitrogens with one attached hydrogen (secondary N) is 2. The quantitative estimate of drug-likeness (QED) is 0.488. The second-order valence-corrected chi connectivity index (χ2v) is 8.11. The van der Waals surface area contributed by atoms with Crippen molar-refractivity contribution >= 4 is 43.9 Å². The topological polar surface area (TPSA) is 89.0 Å². The summed E-state index contributed by atoms with van der Waals surface area (Å²) in [6.07, 6.45) is 5.48. The van der Waals surface area contributed by atoms with Crippen molar-refractivity contribution in [3.05, 3.63) is 40.9 Å². The van der Waals surface area contributed by atoms with E-state index in [0.717, 1.165) is 26.7 Å². The van der Waals surface area contributed by atoms with Crippen LogP contribution in [0, 0.1) is 12.3 Å². The van der Waals surface area contributed by atoms with Crippen LogP contribution in [0.5, 0.6) is 5.88 Å². The number of fused-ring (bicyclic) bond motifs is 5. The number of benzene rings is 1. The average Bonchev–Trinajstić information content (AvgIpc) is 3.09. The smallest absolute Gasteiger partial charge is 0.263 e. The van der Waals surface area contributed by atoms with E-state index >= 15 is 0 Å². The summed E-state index contributed by atoms with van der Waals surface area (Å²) >= 11 is 1.49. The van der Waals surface area contributed by atoms with Crippen molar-refractivity contribution < 1.29 is 9.53 Å². The molecule has 0 saturated carbocycles. The van der Waals surface area contributed by atoms with E-state index in [-0.39, 0.29) is 11.9 Å². The maximum atomic E-state index is 12.6. The summed E-state index contributed by atoms with van der Waals surface area (Å²) in [4.78, 5) is 18.1. The van der Waals surface area contributed by atoms with E-state index in [1.807, 2.05) is 31.2 Å². The van der Waals surface area contributed by atoms with Gasteiger partial charge < -0.3 is 15.4 Å². The zero-order chi connectivity index (χ0) is 20.8. The van der Waals surface area contributed by atoms with Crippen LogP contribution in [0.25, 0.3) is 32.2 Å². The summed E-state index contributed by atoms with van der Waals surface area (Å²) in [5.74, 6) is 2.81. The Balaban J connectivity index is 1.72. The van der Waals surface area contributed by atoms with Gasteiger partial charge in [-0.3, -0.25) is 4.79 Å². The summed E-state index contributed by atoms with van der Waals surface area (Å²) in [6, 6.07) is 9.68. The van der Waals surface area contributed by atoms with E-state index in [2.05, 4.69) is 26.8 Å². The van der Waals surface area contributed by atoms with Crippen LogP contribution in [0.1, 0.15) is 22.3 Å². The van der Waals surface area contributed by atoms with Crippen LogP contribution < -0.4 is 15.4 Å². The van der Waals surface area contributed by atoms with E-state index < -0.39 is 0 Å². The Morgan fingerprint density at radius 3 is 2.93 bits per heavy atom. The number of nitrogens with zero attached hydrogens (tertiary/aromatic N) is 3. The molecule has 0 bridgehead atoms. The summed E-state index contributed by atoms with van der Waals surface area (Å²) in [5, 5.41) is 16.4. The molecule has 4 heterocycles. The Bertz CT molecular complexity index is 1370. The highest BCUT2D eigenvalue weighted by Crippen LogP contribution is 2.41. The Labute approximate surface area is 176 Å². The zero-order valence-corrected chi connectivity index (χ0v) is 17.1. The Morgan fingerprint density at radius 1 is 1.27 bits per heavy atom. The number of rotatable bonds is 2. The SMILES string of the molecule is C#Cc1cc(-c2ccc3c(ccc4sc5c(c43)NC[C@@H](C)NC5=O)n2)c(OC)nn1. The lowest BCUT2D eigenvalue weighted by atomic mass is 10.1. The summed E-state index contributed by atoms with van der Waals surface area (Å²) in [6.45, 7) is 2.65. The third kappa shape index (κ3) is 2.83. The van der Waals surface area contributed by atoms with Crippen molar-refractivity contribution in [2.75, 3.05) is 19.0 Å². The Kier molecular flexibility index (Phi) is 4.26. The van der Waals surface area contributed by atoms with Gasteiger partial charge in [0.05, 0.1) is 29.6 Å². The molecule has 0 aliphatic carbocycles. The van der Waals surface area contributed by atoms with Crippen molar-refractivity contribution in [1.82, 2.24) is 20.5 Å². The first-order valence-corrected chi connectivity index (χ1v) is 10.2. The van der Waals surface area contributed by atoms with Gasteiger partial charge in [0.15, 0.2) is 0 Å². The highest BCUT2D eigenvalue weighted by atomic mass is 32.1. The molecule has 0 unspecified atom stereocenters. The third-order valence-electron chi connectivity index (χ3n) is 5.07. The lowest BCUT2D eigenvalue weighted by molar-refractivity contribution is 0.0949. The molecule has 3 aromatic heterocycles. The third-order valence-corrected chi connectivity index (χ3v) is 6.22. The monoisotopic (exact) mass is 415 g/mol. The van der Waals surface area contributed by atoms with Gasteiger partial charge >= 0.3 is 0 Å². The molecule has 148 valence electrons. The van der Waals surface area contributed by atoms with Crippen LogP contribution in [-0.2, 0) is 0 Å². The molecule has 0 saturated heterocycles. The average molecular weight is 415 g/mol. The number of hydrogen-bond donors (Lipinski definition) is 2. The molecule has 1 aliphatic rings. The molecule has 0 radical (unpaired) electrons. The van der Waals surface area contributed by atoms with E-state index in [1.54, 1.807) is 6.07 Å². The van der Waals surface area contributed by atoms with E-state index in [4.69, 9.17) is 16.1 Å². The minimum Gasteiger partial charge on any atom is -0.479 e. The van der Waals surface area contributed by atoms with Gasteiger partial charge in [0.2, 0.25) is 5.88 Å². The first-order chi connectivity index (χ1) is 14.6. The number of aromatic nitrogens is 3. The second-order valence-electron chi connectivity index (χ2n) is 7.06. The van der Waals surface area contributed by atoms with Crippen molar-refractivity contribution in [3.63, 3.8) is 0 Å². The van der Waals surface area contributed by atoms with Crippen molar-refractivity contribution in [1.29, 1.82) is 0 Å². The van der Waals surface area contributed by atoms with Gasteiger partial charge in [-0.1, -0.05) is 0 Å². The van der Waals surface area contributed by atoms with Gasteiger partial charge in [-0.05, 0) is 43.2 Å². The number of pyridine rings is 1. The number of hydrogen-bond acceptors (Lipinski definition) is 7. The maximum absolute atomic E-state index is 12.6. The normalized spacial score (nSPS) is 15.8. The fourth-order valence-electron chi connectivity index (χ4n) is 3.66. The first-order valence-electron chi connectivity index (χ1n) is 9.38. The lowest BCUT2D eigenvalue weighted by Gasteiger charge is -2.10. The number of thiophene rings is 1. The molecule has 8 heteroatoms. The zero-order valence-electron chi connectivity index (χ0n) is 16.3. The van der Waals surface area contributed by atoms with Gasteiger partial charge in [0.1, 0.15) is 10.6 Å². The van der Waals surface area contributed by atoms with Crippen LogP contribution in [-0.4, -0.2) is 40.8 Å². The summed E-state index contributed by atoms with van der Waals surface area (Å²) < 4.78 is 6.38. The second kappa shape index (κ2) is 6.97. The molecule has 2 N–H and O–H groups in total. The number of methoxy groups -OCH3 is 1. The van der Waals surface area contributed by atoms with Gasteiger partial charge in [0, 0.05) is 28.1 Å². The highest BCUT2D eigenvalue weighted by Gasteiger charge is 2.25. The molecular formula is C22H17N5O2S. The highest BCUT2D eigenvalue weighted by molar-refractivity contribution is 7.21. The minimum atomic E-state index is -0.0455. The van der Waals surface area contributed by atoms with Crippen LogP contribution in [0.4, 0.5) is 5.69 Å². The van der Waals surface area contributed by atoms with Gasteiger partial charge in [0.25, 0.3) is 5.91 Å². The predicted molar refractivity (Wildman–Crippen MR) is 118 cm³/mol. The molecule has 30 heavy (non-hydrogen) atoms. The largest absolute Gasteiger partial charge is 0.479 e. The molecule has 5 rings (SSSR count). The van der Waals surface area contributed by atoms with Crippen molar-refractivity contribution in [2.24, 2.45) is 0 Å². The number of carbonyl (C=O) groups is 1. The lowest BCUT2D eigenvalue weighted by Crippen LogP contribution is -2.34. The molecular weight excluding hydrogens is 398 g/mol. The fourth-order valence-corrected chi connectivity index (χ4v) is 4.76. The standard InChI is InChI=1S/C22H17N5O2S/c1-4-12-9-14(22(29-3)27-26-12)16-6-5-13-15(25-16)7-8-17-18(13)19-20(30-17)21(28)24-11(2)10-23-19/h1,5-9,11,23H,10H2,2-3H3,(H,24,28)/t11-/m1/s1. The van der Waals surface area contributed by atoms with E-state index in [9.17, 15) is 4.79 Å². The summed E-state index contributed by atoms with van der Waals surface area (Å²) in [7, 11) is 1.53. The molecule has 1 aliphatic heterocycles. The number of terminal acetylenes is 1. The Morgan fingerprint density at radius 2 is 2.13 bits per heavy atom. The fraction of sp³-hybridized carbons (Fsp3) is 0.182. The molecule has 4 aromatic rings. The molecule has 7 nitrogen and oxygen atoms in total. The van der Waals surface area contributed by atoms with Crippen LogP contribution in [0.3, 0.4) is 0 Å². The van der Waals surface area contributed by atoms with Gasteiger partial charge in [-0.2, -0.15) is 0 Å². The predicted octanol–water partition coefficient (Wildman–Crippen LogP) is 3.44. The molecule has 0 fully saturated rings. The number of amides is 1. The number of ether oxygens (including phenoxy) is 1. The molecule has 1 atom stereocenters. The minimum absolute atomic E-state index is 0.0455. The van der Waals surface area contributed by atoms with Crippen LogP contribution >= 0.6 is 11.3 Å². The molecule has 0 spiro atoms. The summed E-state index contributed by atoms with van der Waals surface area (Å²) in [5.41, 5.74) is 3.45. The van der Waals surface area contributed by atoms with Gasteiger partial charge in [-0.15, -0.1) is 28.0 Å². The number of carbonyl (C=O) groups excluding carboxylic acids is 1. The van der Waals surface area contributed by atoms with E-state index in [1.165, 1.54) is 18.4 Å². The Hall–Kier alpha value is -3.70. The van der Waals surface area contributed by atoms with Crippen molar-refractivity contribution in [3.8, 4) is 29.5 Å².